The fraction of sp³-hybridized carbons (Fsp3) is 0.500. The summed E-state index contributed by atoms with van der Waals surface area (Å²) >= 11 is 6.53. The van der Waals surface area contributed by atoms with Crippen LogP contribution in [0.2, 0.25) is 4.47 Å². The van der Waals surface area contributed by atoms with E-state index in [9.17, 15) is 18.0 Å². The smallest absolute Gasteiger partial charge is 0.255 e. The Morgan fingerprint density at radius 2 is 2.15 bits per heavy atom. The maximum absolute atomic E-state index is 12.6. The highest BCUT2D eigenvalue weighted by atomic mass is 35.5. The van der Waals surface area contributed by atoms with Crippen molar-refractivity contribution in [2.24, 2.45) is 0 Å². The Balaban J connectivity index is 2.49. The van der Waals surface area contributed by atoms with E-state index in [1.165, 1.54) is 6.92 Å². The van der Waals surface area contributed by atoms with Crippen LogP contribution in [-0.2, 0) is 19.6 Å². The Bertz CT molecular complexity index is 670. The van der Waals surface area contributed by atoms with Gasteiger partial charge in [0.2, 0.25) is 11.8 Å². The summed E-state index contributed by atoms with van der Waals surface area (Å²) in [4.78, 5) is 27.0. The fourth-order valence-electron chi connectivity index (χ4n) is 1.98. The van der Waals surface area contributed by atoms with Crippen molar-refractivity contribution >= 4 is 44.8 Å². The zero-order valence-corrected chi connectivity index (χ0v) is 13.1. The highest BCUT2D eigenvalue weighted by Crippen LogP contribution is 2.31. The number of amides is 2. The summed E-state index contributed by atoms with van der Waals surface area (Å²) in [5.74, 6) is -1.25. The van der Waals surface area contributed by atoms with Crippen molar-refractivity contribution in [2.45, 2.75) is 30.5 Å². The van der Waals surface area contributed by atoms with Crippen LogP contribution < -0.4 is 5.32 Å². The van der Waals surface area contributed by atoms with E-state index in [4.69, 9.17) is 11.6 Å². The highest BCUT2D eigenvalue weighted by Gasteiger charge is 2.42. The molecule has 10 heteroatoms. The number of hydrogen-bond acceptors (Lipinski definition) is 6. The number of carbonyl (C=O) groups excluding carboxylic acids is 2. The average molecular weight is 338 g/mol. The van der Waals surface area contributed by atoms with E-state index in [0.29, 0.717) is 0 Å². The van der Waals surface area contributed by atoms with Crippen LogP contribution in [0.5, 0.6) is 0 Å². The molecule has 0 aliphatic carbocycles. The number of piperazine rings is 1. The fourth-order valence-corrected chi connectivity index (χ4v) is 5.45. The van der Waals surface area contributed by atoms with Crippen molar-refractivity contribution in [3.63, 3.8) is 0 Å². The summed E-state index contributed by atoms with van der Waals surface area (Å²) in [5, 5.41) is 2.13. The number of thiazole rings is 1. The highest BCUT2D eigenvalue weighted by molar-refractivity contribution is 7.91. The van der Waals surface area contributed by atoms with E-state index in [1.54, 1.807) is 6.92 Å². The molecule has 1 aromatic heterocycles. The van der Waals surface area contributed by atoms with Crippen molar-refractivity contribution in [3.8, 4) is 0 Å². The van der Waals surface area contributed by atoms with Crippen LogP contribution in [-0.4, -0.2) is 42.1 Å². The van der Waals surface area contributed by atoms with Crippen molar-refractivity contribution in [1.82, 2.24) is 14.6 Å². The molecule has 7 nitrogen and oxygen atoms in total. The van der Waals surface area contributed by atoms with Crippen LogP contribution in [0.4, 0.5) is 0 Å². The van der Waals surface area contributed by atoms with Crippen molar-refractivity contribution < 1.29 is 18.0 Å². The van der Waals surface area contributed by atoms with Gasteiger partial charge in [-0.1, -0.05) is 29.9 Å². The number of hydrogen-bond donors (Lipinski definition) is 1. The van der Waals surface area contributed by atoms with E-state index < -0.39 is 27.9 Å². The number of nitrogens with one attached hydrogen (secondary N) is 1. The average Bonchev–Trinajstić information content (AvgIpc) is 2.68. The third kappa shape index (κ3) is 2.58. The van der Waals surface area contributed by atoms with Gasteiger partial charge in [0.25, 0.3) is 10.0 Å². The SMILES string of the molecule is CCC1C(=O)NC(=O)CN1S(=O)(=O)c1sc(Cl)nc1C. The lowest BCUT2D eigenvalue weighted by Gasteiger charge is -2.31. The summed E-state index contributed by atoms with van der Waals surface area (Å²) < 4.78 is 26.1. The third-order valence-corrected chi connectivity index (χ3v) is 6.57. The molecule has 1 unspecified atom stereocenters. The lowest BCUT2D eigenvalue weighted by molar-refractivity contribution is -0.137. The van der Waals surface area contributed by atoms with Crippen LogP contribution in [0.3, 0.4) is 0 Å². The predicted octanol–water partition coefficient (Wildman–Crippen LogP) is 0.531. The lowest BCUT2D eigenvalue weighted by atomic mass is 10.2. The van der Waals surface area contributed by atoms with Gasteiger partial charge < -0.3 is 0 Å². The van der Waals surface area contributed by atoms with Gasteiger partial charge in [-0.05, 0) is 13.3 Å². The largest absolute Gasteiger partial charge is 0.294 e. The number of rotatable bonds is 3. The van der Waals surface area contributed by atoms with Crippen molar-refractivity contribution in [1.29, 1.82) is 0 Å². The number of aryl methyl sites for hydroxylation is 1. The summed E-state index contributed by atoms with van der Waals surface area (Å²) in [6, 6.07) is -0.905. The molecule has 110 valence electrons. The zero-order chi connectivity index (χ0) is 15.1. The van der Waals surface area contributed by atoms with Gasteiger partial charge in [0.15, 0.2) is 8.68 Å². The molecule has 0 radical (unpaired) electrons. The number of imide groups is 1. The molecule has 1 saturated heterocycles. The monoisotopic (exact) mass is 337 g/mol. The molecule has 0 spiro atoms. The van der Waals surface area contributed by atoms with Crippen LogP contribution in [0.1, 0.15) is 19.0 Å². The number of carbonyl (C=O) groups is 2. The van der Waals surface area contributed by atoms with E-state index in [0.717, 1.165) is 15.6 Å². The first-order valence-electron chi connectivity index (χ1n) is 5.75. The minimum atomic E-state index is -3.98. The number of sulfonamides is 1. The van der Waals surface area contributed by atoms with E-state index >= 15 is 0 Å². The van der Waals surface area contributed by atoms with E-state index in [1.807, 2.05) is 0 Å². The Hall–Kier alpha value is -1.03. The normalized spacial score (nSPS) is 21.1. The Labute approximate surface area is 125 Å². The second-order valence-corrected chi connectivity index (χ2v) is 7.89. The first-order valence-corrected chi connectivity index (χ1v) is 8.39. The summed E-state index contributed by atoms with van der Waals surface area (Å²) in [5.41, 5.74) is 0.258. The maximum atomic E-state index is 12.6. The summed E-state index contributed by atoms with van der Waals surface area (Å²) in [6.45, 7) is 2.80. The Kier molecular flexibility index (Phi) is 4.14. The molecule has 1 aromatic rings. The molecule has 1 fully saturated rings. The summed E-state index contributed by atoms with van der Waals surface area (Å²) in [7, 11) is -3.98. The lowest BCUT2D eigenvalue weighted by Crippen LogP contribution is -2.59. The van der Waals surface area contributed by atoms with Crippen LogP contribution in [0.15, 0.2) is 4.21 Å². The van der Waals surface area contributed by atoms with Crippen LogP contribution >= 0.6 is 22.9 Å². The van der Waals surface area contributed by atoms with Gasteiger partial charge in [-0.15, -0.1) is 0 Å². The van der Waals surface area contributed by atoms with Gasteiger partial charge in [0.1, 0.15) is 6.04 Å². The molecule has 20 heavy (non-hydrogen) atoms. The summed E-state index contributed by atoms with van der Waals surface area (Å²) in [6.07, 6.45) is 0.268. The van der Waals surface area contributed by atoms with Crippen LogP contribution in [0, 0.1) is 6.92 Å². The molecule has 0 bridgehead atoms. The Morgan fingerprint density at radius 3 is 2.65 bits per heavy atom. The van der Waals surface area contributed by atoms with Gasteiger partial charge in [0, 0.05) is 0 Å². The van der Waals surface area contributed by atoms with E-state index in [-0.39, 0.29) is 27.3 Å². The van der Waals surface area contributed by atoms with Gasteiger partial charge in [-0.25, -0.2) is 13.4 Å². The van der Waals surface area contributed by atoms with Crippen LogP contribution in [0.25, 0.3) is 0 Å². The quantitative estimate of drug-likeness (QED) is 0.812. The predicted molar refractivity (Wildman–Crippen MR) is 73.0 cm³/mol. The molecule has 2 heterocycles. The molecular weight excluding hydrogens is 326 g/mol. The molecule has 2 rings (SSSR count). The number of nitrogens with zero attached hydrogens (tertiary/aromatic N) is 2. The minimum Gasteiger partial charge on any atom is -0.294 e. The van der Waals surface area contributed by atoms with Gasteiger partial charge in [0.05, 0.1) is 12.2 Å². The standard InChI is InChI=1S/C10H12ClN3O4S2/c1-3-6-8(16)13-7(15)4-14(6)20(17,18)9-5(2)12-10(11)19-9/h6H,3-4H2,1-2H3,(H,13,15,16). The topological polar surface area (TPSA) is 96.4 Å². The minimum absolute atomic E-state index is 0.0385. The first-order chi connectivity index (χ1) is 9.27. The first kappa shape index (κ1) is 15.4. The maximum Gasteiger partial charge on any atom is 0.255 e. The number of aromatic nitrogens is 1. The molecule has 0 saturated carbocycles. The zero-order valence-electron chi connectivity index (χ0n) is 10.7. The molecule has 1 aliphatic rings. The van der Waals surface area contributed by atoms with Crippen molar-refractivity contribution in [3.05, 3.63) is 10.2 Å². The van der Waals surface area contributed by atoms with E-state index in [2.05, 4.69) is 10.3 Å². The molecule has 1 aliphatic heterocycles. The number of halogens is 1. The second kappa shape index (κ2) is 5.40. The van der Waals surface area contributed by atoms with Crippen molar-refractivity contribution in [2.75, 3.05) is 6.54 Å². The van der Waals surface area contributed by atoms with Gasteiger partial charge in [-0.2, -0.15) is 4.31 Å². The molecule has 0 aromatic carbocycles. The second-order valence-electron chi connectivity index (χ2n) is 4.23. The molecule has 1 atom stereocenters. The molecule has 1 N–H and O–H groups in total. The Morgan fingerprint density at radius 1 is 1.50 bits per heavy atom. The molecule has 2 amide bonds. The molecular formula is C10H12ClN3O4S2. The third-order valence-electron chi connectivity index (χ3n) is 2.87. The van der Waals surface area contributed by atoms with Gasteiger partial charge in [-0.3, -0.25) is 14.9 Å². The van der Waals surface area contributed by atoms with Gasteiger partial charge >= 0.3 is 0 Å².